The molecule has 0 N–H and O–H groups in total. The first-order chi connectivity index (χ1) is 57.8. The van der Waals surface area contributed by atoms with Crippen LogP contribution in [0.2, 0.25) is 0 Å². The average Bonchev–Trinajstić information content (AvgIpc) is 1.60. The molecule has 3 aliphatic rings. The molecule has 3 unspecified atom stereocenters. The van der Waals surface area contributed by atoms with Crippen LogP contribution in [0.1, 0.15) is 691 Å². The van der Waals surface area contributed by atoms with Crippen molar-refractivity contribution in [3.63, 3.8) is 0 Å². The highest BCUT2D eigenvalue weighted by Crippen LogP contribution is 2.59. The lowest BCUT2D eigenvalue weighted by Gasteiger charge is -2.46. The summed E-state index contributed by atoms with van der Waals surface area (Å²) in [7, 11) is 0. The molecule has 820 valence electrons. The van der Waals surface area contributed by atoms with E-state index in [4.69, 9.17) is 0 Å². The fourth-order valence-corrected chi connectivity index (χ4v) is 21.3. The Morgan fingerprint density at radius 3 is 0.582 bits per heavy atom. The Kier molecular flexibility index (Phi) is 66.5. The van der Waals surface area contributed by atoms with E-state index in [1.54, 1.807) is 0 Å². The minimum atomic E-state index is 0. The van der Waals surface area contributed by atoms with Gasteiger partial charge in [-0.15, -0.1) is 0 Å². The second-order valence-electron chi connectivity index (χ2n) is 69.7. The van der Waals surface area contributed by atoms with Gasteiger partial charge in [0, 0.05) is 0 Å². The van der Waals surface area contributed by atoms with Gasteiger partial charge in [0.05, 0.1) is 0 Å². The molecule has 0 nitrogen and oxygen atoms in total. The summed E-state index contributed by atoms with van der Waals surface area (Å²) in [6, 6.07) is 0. The number of rotatable bonds is 21. The molecule has 3 rings (SSSR count). The molecule has 0 aromatic heterocycles. The van der Waals surface area contributed by atoms with Crippen LogP contribution < -0.4 is 0 Å². The number of hydrogen-bond donors (Lipinski definition) is 0. The molecule has 3 saturated carbocycles. The molecule has 3 aliphatic carbocycles. The van der Waals surface area contributed by atoms with Gasteiger partial charge in [-0.1, -0.05) is 581 Å². The van der Waals surface area contributed by atoms with E-state index in [1.807, 2.05) is 0 Å². The second-order valence-corrected chi connectivity index (χ2v) is 69.7. The van der Waals surface area contributed by atoms with Gasteiger partial charge >= 0.3 is 0 Å². The molecule has 0 heterocycles. The van der Waals surface area contributed by atoms with Crippen molar-refractivity contribution in [3.8, 4) is 0 Å². The standard InChI is InChI=1S/C16H32.2C14H28.3C14H30.C13H28.C12H26.2C11H24.CH4/c1-15(2,3)12-14(16(4,5)6)13-10-8-7-9-11-13;2*1-12(2,3)11-14(13(4,5)6)9-7-8-10-14;3*1-8-9-10-12(14(5,6)7)11-13(2,3)4;1-10(12(3,4)5)9-11(2)13(6,7)8;1-10(2,3)9-12(7,8)11(4,5)6;2*1-9(11(5,6)7)8-10(2,3)4;/h13-14H,7-12H2,1-6H3;2*7-11H2,1-6H3;3*12H,8-11H2,1-7H3;10-11H,9H2,1-8H3;9H2,1-8H3;2*9H,8H2,1-7H3;1H4/t14-;;;2*12-;;10-,11-;;;;/m0..10.1..../s1. The van der Waals surface area contributed by atoms with Crippen LogP contribution in [0.4, 0.5) is 0 Å². The number of hydrogen-bond acceptors (Lipinski definition) is 0. The maximum atomic E-state index is 2.44. The molecule has 8 atom stereocenters. The van der Waals surface area contributed by atoms with Gasteiger partial charge in [-0.05, 0) is 287 Å². The highest BCUT2D eigenvalue weighted by atomic mass is 14.5. The first-order valence-corrected chi connectivity index (χ1v) is 57.8. The molecular formula is C134H284. The zero-order valence-electron chi connectivity index (χ0n) is 108. The van der Waals surface area contributed by atoms with Crippen LogP contribution in [0, 0.1) is 178 Å². The third kappa shape index (κ3) is 79.3. The van der Waals surface area contributed by atoms with Gasteiger partial charge in [0.25, 0.3) is 0 Å². The van der Waals surface area contributed by atoms with Crippen molar-refractivity contribution in [2.75, 3.05) is 0 Å². The van der Waals surface area contributed by atoms with E-state index in [-0.39, 0.29) is 7.43 Å². The van der Waals surface area contributed by atoms with Crippen LogP contribution in [-0.4, -0.2) is 0 Å². The van der Waals surface area contributed by atoms with E-state index < -0.39 is 0 Å². The van der Waals surface area contributed by atoms with Gasteiger partial charge in [-0.3, -0.25) is 0 Å². The third-order valence-electron chi connectivity index (χ3n) is 32.6. The average molecular weight is 1900 g/mol. The molecule has 0 aromatic rings. The molecule has 0 saturated heterocycles. The molecule has 0 aromatic carbocycles. The molecule has 0 heteroatoms. The second kappa shape index (κ2) is 59.7. The summed E-state index contributed by atoms with van der Waals surface area (Å²) in [4.78, 5) is 0. The molecular weight excluding hydrogens is 1610 g/mol. The van der Waals surface area contributed by atoms with Crippen LogP contribution in [0.25, 0.3) is 0 Å². The lowest BCUT2D eigenvalue weighted by Crippen LogP contribution is -2.36. The van der Waals surface area contributed by atoms with Crippen molar-refractivity contribution in [2.45, 2.75) is 691 Å². The van der Waals surface area contributed by atoms with Gasteiger partial charge in [-0.25, -0.2) is 0 Å². The normalized spacial score (nSPS) is 18.2. The highest BCUT2D eigenvalue weighted by molar-refractivity contribution is 4.99. The fourth-order valence-electron chi connectivity index (χ4n) is 21.3. The molecule has 3 fully saturated rings. The third-order valence-corrected chi connectivity index (χ3v) is 32.6. The van der Waals surface area contributed by atoms with Crippen LogP contribution in [0.15, 0.2) is 0 Å². The summed E-state index contributed by atoms with van der Waals surface area (Å²) in [6.45, 7) is 163. The van der Waals surface area contributed by atoms with Gasteiger partial charge in [0.2, 0.25) is 0 Å². The van der Waals surface area contributed by atoms with Crippen molar-refractivity contribution in [2.24, 2.45) is 178 Å². The fraction of sp³-hybridized carbons (Fsp3) is 1.00. The van der Waals surface area contributed by atoms with Crippen LogP contribution >= 0.6 is 0 Å². The zero-order valence-corrected chi connectivity index (χ0v) is 108. The van der Waals surface area contributed by atoms with Crippen molar-refractivity contribution in [1.82, 2.24) is 0 Å². The predicted octanol–water partition coefficient (Wildman–Crippen LogP) is 49.6. The summed E-state index contributed by atoms with van der Waals surface area (Å²) in [5, 5.41) is 0. The summed E-state index contributed by atoms with van der Waals surface area (Å²) >= 11 is 0. The van der Waals surface area contributed by atoms with Crippen LogP contribution in [-0.2, 0) is 0 Å². The van der Waals surface area contributed by atoms with E-state index in [0.717, 1.165) is 53.3 Å². The van der Waals surface area contributed by atoms with Crippen LogP contribution in [0.5, 0.6) is 0 Å². The number of unbranched alkanes of at least 4 members (excludes halogenated alkanes) is 3. The van der Waals surface area contributed by atoms with Gasteiger partial charge in [0.15, 0.2) is 0 Å². The van der Waals surface area contributed by atoms with Crippen molar-refractivity contribution >= 4 is 0 Å². The molecule has 0 amide bonds. The van der Waals surface area contributed by atoms with Crippen molar-refractivity contribution in [1.29, 1.82) is 0 Å². The SMILES string of the molecule is C.CC(C)(C)CC(C)(C)C(C)(C)C.CC(C)(C)CC1(C(C)(C)C)CCCC1.CC(C)(C)CC1(C(C)(C)C)CCCC1.CC(C)(C)C[C@@H](C1CCCCC1)C(C)(C)C.CC(CC(C)(C)C)C(C)(C)C.CC(CC(C)(C)C)C(C)(C)C.CCCCC(CC(C)(C)C)C(C)(C)C.CCCC[C@@H](CC(C)(C)C)C(C)(C)C.CCCC[C@H](CC(C)(C)C)C(C)(C)C.C[C@H](C[C@@H](C)C(C)(C)C)C(C)(C)C. The summed E-state index contributed by atoms with van der Waals surface area (Å²) in [5.74, 6) is 7.77. The lowest BCUT2D eigenvalue weighted by atomic mass is 9.59. The highest BCUT2D eigenvalue weighted by Gasteiger charge is 2.48. The smallest absolute Gasteiger partial charge is 0.0244 e. The van der Waals surface area contributed by atoms with E-state index in [0.29, 0.717) is 125 Å². The molecule has 0 aliphatic heterocycles. The van der Waals surface area contributed by atoms with Gasteiger partial charge < -0.3 is 0 Å². The quantitative estimate of drug-likeness (QED) is 0.107. The van der Waals surface area contributed by atoms with Crippen molar-refractivity contribution in [3.05, 3.63) is 0 Å². The minimum absolute atomic E-state index is 0. The Hall–Kier alpha value is 0. The first kappa shape index (κ1) is 149. The first-order valence-electron chi connectivity index (χ1n) is 57.8. The maximum absolute atomic E-state index is 2.44. The molecule has 0 spiro atoms. The minimum Gasteiger partial charge on any atom is -0.0776 e. The Bertz CT molecular complexity index is 2600. The van der Waals surface area contributed by atoms with E-state index in [1.165, 1.54) is 205 Å². The largest absolute Gasteiger partial charge is 0.0776 e. The van der Waals surface area contributed by atoms with E-state index in [2.05, 4.69) is 478 Å². The topological polar surface area (TPSA) is 0 Å². The van der Waals surface area contributed by atoms with Crippen molar-refractivity contribution < 1.29 is 0 Å². The summed E-state index contributed by atoms with van der Waals surface area (Å²) < 4.78 is 0. The summed E-state index contributed by atoms with van der Waals surface area (Å²) in [6.07, 6.45) is 44.9. The van der Waals surface area contributed by atoms with Crippen LogP contribution in [0.3, 0.4) is 0 Å². The Balaban J connectivity index is -0.000000220. The molecule has 134 heavy (non-hydrogen) atoms. The molecule has 0 bridgehead atoms. The Labute approximate surface area is 862 Å². The predicted molar refractivity (Wildman–Crippen MR) is 633 cm³/mol. The lowest BCUT2D eigenvalue weighted by molar-refractivity contribution is 0.0419. The van der Waals surface area contributed by atoms with E-state index >= 15 is 0 Å². The summed E-state index contributed by atoms with van der Waals surface area (Å²) in [5.41, 5.74) is 11.1. The zero-order chi connectivity index (χ0) is 108. The monoisotopic (exact) mass is 1890 g/mol. The van der Waals surface area contributed by atoms with Gasteiger partial charge in [0.1, 0.15) is 0 Å². The van der Waals surface area contributed by atoms with Gasteiger partial charge in [-0.2, -0.15) is 0 Å². The Morgan fingerprint density at radius 2 is 0.448 bits per heavy atom. The maximum Gasteiger partial charge on any atom is -0.0244 e. The Morgan fingerprint density at radius 1 is 0.231 bits per heavy atom. The van der Waals surface area contributed by atoms with E-state index in [9.17, 15) is 0 Å². The molecule has 0 radical (unpaired) electrons.